The number of benzene rings is 1. The Labute approximate surface area is 170 Å². The fourth-order valence-electron chi connectivity index (χ4n) is 3.18. The molecule has 2 heterocycles. The van der Waals surface area contributed by atoms with E-state index in [0.29, 0.717) is 16.8 Å². The largest absolute Gasteiger partial charge is 0.342 e. The van der Waals surface area contributed by atoms with Gasteiger partial charge < -0.3 is 4.90 Å². The molecule has 0 spiro atoms. The van der Waals surface area contributed by atoms with Crippen LogP contribution in [-0.4, -0.2) is 63.4 Å². The topological polar surface area (TPSA) is 54.3 Å². The number of carbonyl (C=O) groups is 1. The smallest absolute Gasteiger partial charge is 0.233 e. The highest BCUT2D eigenvalue weighted by atomic mass is 32.2. The van der Waals surface area contributed by atoms with E-state index in [-0.39, 0.29) is 17.8 Å². The molecule has 0 bridgehead atoms. The summed E-state index contributed by atoms with van der Waals surface area (Å²) >= 11 is 1.38. The van der Waals surface area contributed by atoms with Crippen LogP contribution in [0.2, 0.25) is 0 Å². The van der Waals surface area contributed by atoms with Gasteiger partial charge in [-0.3, -0.25) is 14.3 Å². The molecule has 0 saturated carbocycles. The number of nitrogens with zero attached hydrogens (tertiary/aromatic N) is 5. The number of carbonyl (C=O) groups excluding carboxylic acids is 1. The van der Waals surface area contributed by atoms with Gasteiger partial charge in [0, 0.05) is 18.8 Å². The summed E-state index contributed by atoms with van der Waals surface area (Å²) in [5, 5.41) is 9.35. The van der Waals surface area contributed by atoms with E-state index in [0.717, 1.165) is 37.4 Å². The van der Waals surface area contributed by atoms with Crippen LogP contribution in [0.1, 0.15) is 38.6 Å². The van der Waals surface area contributed by atoms with Crippen LogP contribution < -0.4 is 0 Å². The maximum atomic E-state index is 13.4. The molecule has 1 atom stereocenters. The van der Waals surface area contributed by atoms with Gasteiger partial charge in [0.1, 0.15) is 5.82 Å². The summed E-state index contributed by atoms with van der Waals surface area (Å²) in [4.78, 5) is 16.6. The van der Waals surface area contributed by atoms with Gasteiger partial charge in [0.05, 0.1) is 11.8 Å². The SMILES string of the molecule is CC1CCN(C(=O)CSc2nnc([C@H](C)N(C)C)n2-c2ccc(F)cc2)CC1. The monoisotopic (exact) mass is 405 g/mol. The van der Waals surface area contributed by atoms with Crippen molar-refractivity contribution in [2.24, 2.45) is 5.92 Å². The minimum absolute atomic E-state index is 0.0196. The number of hydrogen-bond donors (Lipinski definition) is 0. The molecular weight excluding hydrogens is 377 g/mol. The highest BCUT2D eigenvalue weighted by molar-refractivity contribution is 7.99. The lowest BCUT2D eigenvalue weighted by atomic mass is 9.99. The molecule has 0 radical (unpaired) electrons. The second-order valence-electron chi connectivity index (χ2n) is 7.64. The molecule has 1 aromatic heterocycles. The summed E-state index contributed by atoms with van der Waals surface area (Å²) < 4.78 is 15.3. The van der Waals surface area contributed by atoms with Crippen LogP contribution in [0.4, 0.5) is 4.39 Å². The predicted molar refractivity (Wildman–Crippen MR) is 109 cm³/mol. The standard InChI is InChI=1S/C20H28FN5OS/c1-14-9-11-25(12-10-14)18(27)13-28-20-23-22-19(15(2)24(3)4)26(20)17-7-5-16(21)6-8-17/h5-8,14-15H,9-13H2,1-4H3/t15-/m0/s1. The molecule has 28 heavy (non-hydrogen) atoms. The van der Waals surface area contributed by atoms with E-state index in [9.17, 15) is 9.18 Å². The van der Waals surface area contributed by atoms with Gasteiger partial charge in [0.2, 0.25) is 5.91 Å². The van der Waals surface area contributed by atoms with Crippen molar-refractivity contribution in [1.82, 2.24) is 24.6 Å². The average molecular weight is 406 g/mol. The Morgan fingerprint density at radius 1 is 1.25 bits per heavy atom. The minimum Gasteiger partial charge on any atom is -0.342 e. The first kappa shape index (κ1) is 20.8. The number of hydrogen-bond acceptors (Lipinski definition) is 5. The van der Waals surface area contributed by atoms with Gasteiger partial charge in [-0.1, -0.05) is 18.7 Å². The van der Waals surface area contributed by atoms with Gasteiger partial charge in [0.25, 0.3) is 0 Å². The van der Waals surface area contributed by atoms with E-state index in [1.54, 1.807) is 12.1 Å². The fourth-order valence-corrected chi connectivity index (χ4v) is 4.05. The number of rotatable bonds is 6. The quantitative estimate of drug-likeness (QED) is 0.690. The van der Waals surface area contributed by atoms with Crippen molar-refractivity contribution in [3.05, 3.63) is 35.9 Å². The predicted octanol–water partition coefficient (Wildman–Crippen LogP) is 3.38. The van der Waals surface area contributed by atoms with Gasteiger partial charge in [0.15, 0.2) is 11.0 Å². The van der Waals surface area contributed by atoms with Gasteiger partial charge in [-0.25, -0.2) is 4.39 Å². The van der Waals surface area contributed by atoms with E-state index in [4.69, 9.17) is 0 Å². The Morgan fingerprint density at radius 2 is 1.89 bits per heavy atom. The van der Waals surface area contributed by atoms with Crippen LogP contribution in [0.25, 0.3) is 5.69 Å². The number of halogens is 1. The van der Waals surface area contributed by atoms with Crippen LogP contribution in [0.3, 0.4) is 0 Å². The Morgan fingerprint density at radius 3 is 2.50 bits per heavy atom. The Bertz CT molecular complexity index is 799. The number of likely N-dealkylation sites (tertiary alicyclic amines) is 1. The Hall–Kier alpha value is -1.93. The molecule has 1 aliphatic heterocycles. The van der Waals surface area contributed by atoms with Crippen molar-refractivity contribution in [3.8, 4) is 5.69 Å². The molecular formula is C20H28FN5OS. The van der Waals surface area contributed by atoms with E-state index < -0.39 is 0 Å². The summed E-state index contributed by atoms with van der Waals surface area (Å²) in [6.45, 7) is 5.93. The van der Waals surface area contributed by atoms with Gasteiger partial charge in [-0.05, 0) is 64.0 Å². The van der Waals surface area contributed by atoms with E-state index in [1.807, 2.05) is 35.4 Å². The number of aromatic nitrogens is 3. The zero-order valence-electron chi connectivity index (χ0n) is 16.9. The van der Waals surface area contributed by atoms with Crippen molar-refractivity contribution in [3.63, 3.8) is 0 Å². The van der Waals surface area contributed by atoms with Gasteiger partial charge >= 0.3 is 0 Å². The zero-order chi connectivity index (χ0) is 20.3. The van der Waals surface area contributed by atoms with E-state index in [1.165, 1.54) is 23.9 Å². The molecule has 1 aromatic carbocycles. The zero-order valence-corrected chi connectivity index (χ0v) is 17.7. The molecule has 1 fully saturated rings. The van der Waals surface area contributed by atoms with Crippen LogP contribution >= 0.6 is 11.8 Å². The first-order valence-electron chi connectivity index (χ1n) is 9.65. The molecule has 0 unspecified atom stereocenters. The number of thioether (sulfide) groups is 1. The van der Waals surface area contributed by atoms with Crippen molar-refractivity contribution in [2.45, 2.75) is 37.9 Å². The summed E-state index contributed by atoms with van der Waals surface area (Å²) in [7, 11) is 3.95. The normalized spacial score (nSPS) is 16.6. The van der Waals surface area contributed by atoms with Crippen LogP contribution in [0, 0.1) is 11.7 Å². The maximum absolute atomic E-state index is 13.4. The third-order valence-electron chi connectivity index (χ3n) is 5.35. The lowest BCUT2D eigenvalue weighted by Crippen LogP contribution is -2.38. The molecule has 1 aliphatic rings. The molecule has 1 amide bonds. The minimum atomic E-state index is -0.289. The highest BCUT2D eigenvalue weighted by Crippen LogP contribution is 2.27. The first-order valence-corrected chi connectivity index (χ1v) is 10.6. The summed E-state index contributed by atoms with van der Waals surface area (Å²) in [5.74, 6) is 1.62. The van der Waals surface area contributed by atoms with Gasteiger partial charge in [-0.2, -0.15) is 0 Å². The molecule has 152 valence electrons. The summed E-state index contributed by atoms with van der Waals surface area (Å²) in [6, 6.07) is 6.29. The van der Waals surface area contributed by atoms with Crippen molar-refractivity contribution in [1.29, 1.82) is 0 Å². The van der Waals surface area contributed by atoms with Crippen molar-refractivity contribution >= 4 is 17.7 Å². The summed E-state index contributed by atoms with van der Waals surface area (Å²) in [6.07, 6.45) is 2.12. The molecule has 0 aliphatic carbocycles. The number of amides is 1. The summed E-state index contributed by atoms with van der Waals surface area (Å²) in [5.41, 5.74) is 0.789. The second kappa shape index (κ2) is 9.05. The third-order valence-corrected chi connectivity index (χ3v) is 6.27. The molecule has 1 saturated heterocycles. The Balaban J connectivity index is 1.80. The van der Waals surface area contributed by atoms with E-state index >= 15 is 0 Å². The number of piperidine rings is 1. The Kier molecular flexibility index (Phi) is 6.72. The second-order valence-corrected chi connectivity index (χ2v) is 8.59. The highest BCUT2D eigenvalue weighted by Gasteiger charge is 2.24. The van der Waals surface area contributed by atoms with Crippen molar-refractivity contribution in [2.75, 3.05) is 32.9 Å². The molecule has 0 N–H and O–H groups in total. The van der Waals surface area contributed by atoms with Gasteiger partial charge in [-0.15, -0.1) is 10.2 Å². The lowest BCUT2D eigenvalue weighted by Gasteiger charge is -2.30. The first-order chi connectivity index (χ1) is 13.4. The fraction of sp³-hybridized carbons (Fsp3) is 0.550. The van der Waals surface area contributed by atoms with Crippen molar-refractivity contribution < 1.29 is 9.18 Å². The van der Waals surface area contributed by atoms with E-state index in [2.05, 4.69) is 17.1 Å². The molecule has 6 nitrogen and oxygen atoms in total. The molecule has 8 heteroatoms. The molecule has 2 aromatic rings. The lowest BCUT2D eigenvalue weighted by molar-refractivity contribution is -0.129. The molecule has 3 rings (SSSR count). The average Bonchev–Trinajstić information content (AvgIpc) is 3.10. The van der Waals surface area contributed by atoms with Crippen LogP contribution in [0.15, 0.2) is 29.4 Å². The maximum Gasteiger partial charge on any atom is 0.233 e. The third kappa shape index (κ3) is 4.72. The van der Waals surface area contributed by atoms with Crippen LogP contribution in [-0.2, 0) is 4.79 Å². The van der Waals surface area contributed by atoms with Crippen LogP contribution in [0.5, 0.6) is 0 Å².